The van der Waals surface area contributed by atoms with Crippen LogP contribution in [0.5, 0.6) is 0 Å². The van der Waals surface area contributed by atoms with Crippen molar-refractivity contribution in [3.05, 3.63) is 76.9 Å². The number of benzene rings is 2. The fraction of sp³-hybridized carbons (Fsp3) is 0.357. The molecule has 2 unspecified atom stereocenters. The zero-order valence-corrected chi connectivity index (χ0v) is 23.9. The largest absolute Gasteiger partial charge is 0.416 e. The number of hydrogen-bond acceptors (Lipinski definition) is 7. The van der Waals surface area contributed by atoms with E-state index < -0.39 is 21.8 Å². The third-order valence-electron chi connectivity index (χ3n) is 7.92. The number of nitrogens with one attached hydrogen (secondary N) is 2. The zero-order valence-electron chi connectivity index (χ0n) is 22.3. The Bertz CT molecular complexity index is 1600. The predicted octanol–water partition coefficient (Wildman–Crippen LogP) is 4.07. The van der Waals surface area contributed by atoms with Crippen molar-refractivity contribution in [3.8, 4) is 0 Å². The van der Waals surface area contributed by atoms with Crippen molar-refractivity contribution in [2.24, 2.45) is 0 Å². The Morgan fingerprint density at radius 2 is 1.76 bits per heavy atom. The fourth-order valence-corrected chi connectivity index (χ4v) is 7.36. The van der Waals surface area contributed by atoms with Crippen molar-refractivity contribution in [1.82, 2.24) is 14.6 Å². The van der Waals surface area contributed by atoms with E-state index in [0.29, 0.717) is 23.3 Å². The number of aromatic nitrogens is 1. The molecule has 2 atom stereocenters. The van der Waals surface area contributed by atoms with Crippen LogP contribution in [0.4, 0.5) is 30.4 Å². The van der Waals surface area contributed by atoms with Gasteiger partial charge in [-0.05, 0) is 61.0 Å². The van der Waals surface area contributed by atoms with Gasteiger partial charge in [-0.1, -0.05) is 17.7 Å². The highest BCUT2D eigenvalue weighted by Gasteiger charge is 2.38. The minimum absolute atomic E-state index is 0.0437. The first kappa shape index (κ1) is 28.7. The van der Waals surface area contributed by atoms with E-state index in [1.54, 1.807) is 11.0 Å². The van der Waals surface area contributed by atoms with E-state index in [1.807, 2.05) is 18.2 Å². The Balaban J connectivity index is 1.08. The highest BCUT2D eigenvalue weighted by Crippen LogP contribution is 2.34. The molecule has 0 radical (unpaired) electrons. The van der Waals surface area contributed by atoms with Crippen molar-refractivity contribution >= 4 is 44.7 Å². The first-order valence-electron chi connectivity index (χ1n) is 13.5. The molecule has 1 aromatic heterocycles. The van der Waals surface area contributed by atoms with Crippen LogP contribution in [-0.2, 0) is 16.2 Å². The second kappa shape index (κ2) is 11.0. The molecule has 2 aromatic carbocycles. The topological polar surface area (TPSA) is 97.9 Å². The zero-order chi connectivity index (χ0) is 29.6. The van der Waals surface area contributed by atoms with Gasteiger partial charge in [0.05, 0.1) is 10.5 Å². The molecule has 0 aliphatic carbocycles. The lowest BCUT2D eigenvalue weighted by atomic mass is 10.1. The minimum atomic E-state index is -4.58. The maximum absolute atomic E-state index is 13.3. The first-order chi connectivity index (χ1) is 20.0. The van der Waals surface area contributed by atoms with Crippen LogP contribution in [0.2, 0.25) is 5.15 Å². The van der Waals surface area contributed by atoms with Gasteiger partial charge in [0.1, 0.15) is 11.0 Å². The van der Waals surface area contributed by atoms with Crippen LogP contribution in [0.15, 0.2) is 65.6 Å². The maximum Gasteiger partial charge on any atom is 0.416 e. The fourth-order valence-electron chi connectivity index (χ4n) is 5.73. The quantitative estimate of drug-likeness (QED) is 0.401. The molecule has 3 aliphatic rings. The number of nitrogens with zero attached hydrogens (tertiary/aromatic N) is 4. The molecule has 3 saturated heterocycles. The first-order valence-corrected chi connectivity index (χ1v) is 15.3. The summed E-state index contributed by atoms with van der Waals surface area (Å²) >= 11 is 5.81. The van der Waals surface area contributed by atoms with E-state index in [-0.39, 0.29) is 48.0 Å². The van der Waals surface area contributed by atoms with Gasteiger partial charge in [-0.15, -0.1) is 0 Å². The summed E-state index contributed by atoms with van der Waals surface area (Å²) in [4.78, 5) is 20.9. The molecule has 1 amide bonds. The lowest BCUT2D eigenvalue weighted by molar-refractivity contribution is -0.137. The van der Waals surface area contributed by atoms with Crippen LogP contribution >= 0.6 is 11.6 Å². The summed E-state index contributed by atoms with van der Waals surface area (Å²) in [6, 6.07) is 16.0. The summed E-state index contributed by atoms with van der Waals surface area (Å²) in [6.07, 6.45) is -3.48. The Kier molecular flexibility index (Phi) is 7.54. The molecule has 42 heavy (non-hydrogen) atoms. The van der Waals surface area contributed by atoms with Gasteiger partial charge >= 0.3 is 6.18 Å². The van der Waals surface area contributed by atoms with Crippen LogP contribution in [0.3, 0.4) is 0 Å². The van der Waals surface area contributed by atoms with E-state index >= 15 is 0 Å². The third kappa shape index (κ3) is 5.78. The van der Waals surface area contributed by atoms with Crippen LogP contribution < -0.4 is 20.4 Å². The van der Waals surface area contributed by atoms with Crippen LogP contribution in [0, 0.1) is 0 Å². The van der Waals surface area contributed by atoms with Crippen molar-refractivity contribution in [3.63, 3.8) is 0 Å². The molecular weight excluding hydrogens is 593 g/mol. The van der Waals surface area contributed by atoms with Crippen LogP contribution in [0.25, 0.3) is 0 Å². The van der Waals surface area contributed by atoms with Crippen LogP contribution in [0.1, 0.15) is 22.3 Å². The van der Waals surface area contributed by atoms with Crippen molar-refractivity contribution in [2.75, 3.05) is 54.4 Å². The monoisotopic (exact) mass is 620 g/mol. The lowest BCUT2D eigenvalue weighted by Gasteiger charge is -2.35. The maximum atomic E-state index is 13.3. The Labute approximate surface area is 246 Å². The normalized spacial score (nSPS) is 21.1. The van der Waals surface area contributed by atoms with E-state index in [1.165, 1.54) is 28.6 Å². The van der Waals surface area contributed by atoms with Crippen molar-refractivity contribution < 1.29 is 26.4 Å². The summed E-state index contributed by atoms with van der Waals surface area (Å²) in [5.74, 6) is -0.253. The average molecular weight is 621 g/mol. The van der Waals surface area contributed by atoms with Gasteiger partial charge in [0.25, 0.3) is 5.91 Å². The van der Waals surface area contributed by atoms with Gasteiger partial charge in [0.15, 0.2) is 0 Å². The summed E-state index contributed by atoms with van der Waals surface area (Å²) in [5.41, 5.74) is 1.05. The highest BCUT2D eigenvalue weighted by molar-refractivity contribution is 7.89. The lowest BCUT2D eigenvalue weighted by Crippen LogP contribution is -2.49. The van der Waals surface area contributed by atoms with Gasteiger partial charge < -0.3 is 20.4 Å². The Morgan fingerprint density at radius 1 is 1.02 bits per heavy atom. The predicted molar refractivity (Wildman–Crippen MR) is 154 cm³/mol. The second-order valence-electron chi connectivity index (χ2n) is 10.6. The molecule has 3 fully saturated rings. The smallest absolute Gasteiger partial charge is 0.366 e. The summed E-state index contributed by atoms with van der Waals surface area (Å²) in [5, 5.41) is 6.01. The molecule has 3 aliphatic heterocycles. The summed E-state index contributed by atoms with van der Waals surface area (Å²) in [7, 11) is -3.87. The summed E-state index contributed by atoms with van der Waals surface area (Å²) in [6.45, 7) is 2.26. The molecule has 0 spiro atoms. The van der Waals surface area contributed by atoms with Gasteiger partial charge in [0.2, 0.25) is 10.0 Å². The number of amides is 1. The van der Waals surface area contributed by atoms with Gasteiger partial charge in [-0.25, -0.2) is 13.4 Å². The number of carbonyl (C=O) groups excluding carboxylic acids is 1. The number of carbonyl (C=O) groups is 1. The molecule has 0 saturated carbocycles. The third-order valence-corrected chi connectivity index (χ3v) is 10.0. The molecule has 6 rings (SSSR count). The SMILES string of the molecule is O=C(Nc1ccc(S(=O)(=O)N2CCN(c3cc(C(F)(F)F)cc(Cl)n3)CC2)cc1)c1cccc(N2CC3CC2CN3)c1. The molecule has 2 N–H and O–H groups in total. The second-order valence-corrected chi connectivity index (χ2v) is 12.9. The molecular formula is C28H28ClF3N6O3S. The molecule has 9 nitrogen and oxygen atoms in total. The number of rotatable bonds is 6. The van der Waals surface area contributed by atoms with Crippen molar-refractivity contribution in [1.29, 1.82) is 0 Å². The number of fused-ring (bicyclic) bond motifs is 2. The standard InChI is InChI=1S/C28H28ClF3N6O3S/c29-25-13-19(28(30,31)32)14-26(35-25)36-8-10-37(11-9-36)42(40,41)24-6-4-20(5-7-24)34-27(39)18-2-1-3-22(12-18)38-17-21-15-23(38)16-33-21/h1-7,12-14,21,23,33H,8-11,15-17H2,(H,34,39). The van der Waals surface area contributed by atoms with Gasteiger partial charge in [-0.3, -0.25) is 4.79 Å². The average Bonchev–Trinajstić information content (AvgIpc) is 3.61. The van der Waals surface area contributed by atoms with E-state index in [0.717, 1.165) is 37.3 Å². The highest BCUT2D eigenvalue weighted by atomic mass is 35.5. The van der Waals surface area contributed by atoms with Crippen molar-refractivity contribution in [2.45, 2.75) is 29.6 Å². The van der Waals surface area contributed by atoms with E-state index in [9.17, 15) is 26.4 Å². The number of sulfonamides is 1. The molecule has 4 heterocycles. The van der Waals surface area contributed by atoms with E-state index in [4.69, 9.17) is 11.6 Å². The Hall–Kier alpha value is -3.39. The number of pyridine rings is 1. The molecule has 3 aromatic rings. The minimum Gasteiger partial charge on any atom is -0.366 e. The molecule has 2 bridgehead atoms. The van der Waals surface area contributed by atoms with Gasteiger partial charge in [-0.2, -0.15) is 17.5 Å². The number of alkyl halides is 3. The number of piperazine rings is 2. The van der Waals surface area contributed by atoms with E-state index in [2.05, 4.69) is 20.5 Å². The molecule has 14 heteroatoms. The Morgan fingerprint density at radius 3 is 2.40 bits per heavy atom. The number of hydrogen-bond donors (Lipinski definition) is 2. The number of halogens is 4. The van der Waals surface area contributed by atoms with Gasteiger partial charge in [0, 0.05) is 68.3 Å². The summed E-state index contributed by atoms with van der Waals surface area (Å²) < 4.78 is 67.4. The van der Waals surface area contributed by atoms with Crippen LogP contribution in [-0.4, -0.2) is 75.0 Å². The number of anilines is 3. The molecule has 222 valence electrons.